The predicted molar refractivity (Wildman–Crippen MR) is 79.0 cm³/mol. The monoisotopic (exact) mass is 276 g/mol. The van der Waals surface area contributed by atoms with Gasteiger partial charge in [0.05, 0.1) is 18.8 Å². The van der Waals surface area contributed by atoms with Crippen LogP contribution in [0.15, 0.2) is 18.2 Å². The number of morpholine rings is 1. The van der Waals surface area contributed by atoms with Crippen LogP contribution in [0.4, 0.5) is 0 Å². The molecule has 1 aromatic rings. The fourth-order valence-electron chi connectivity index (χ4n) is 3.23. The summed E-state index contributed by atoms with van der Waals surface area (Å²) in [6.07, 6.45) is 1.01. The van der Waals surface area contributed by atoms with E-state index >= 15 is 0 Å². The first-order valence-corrected chi connectivity index (χ1v) is 7.43. The van der Waals surface area contributed by atoms with Gasteiger partial charge in [-0.1, -0.05) is 12.1 Å². The first-order valence-electron chi connectivity index (χ1n) is 7.43. The van der Waals surface area contributed by atoms with Crippen LogP contribution in [-0.4, -0.2) is 43.3 Å². The van der Waals surface area contributed by atoms with Crippen molar-refractivity contribution in [1.29, 1.82) is 0 Å². The molecule has 1 unspecified atom stereocenters. The number of benzene rings is 1. The minimum Gasteiger partial charge on any atom is -0.493 e. The van der Waals surface area contributed by atoms with Crippen molar-refractivity contribution in [2.24, 2.45) is 5.73 Å². The van der Waals surface area contributed by atoms with Gasteiger partial charge in [0.25, 0.3) is 0 Å². The number of rotatable bonds is 3. The van der Waals surface area contributed by atoms with Gasteiger partial charge in [-0.3, -0.25) is 4.90 Å². The maximum Gasteiger partial charge on any atom is 0.122 e. The Hall–Kier alpha value is -1.10. The van der Waals surface area contributed by atoms with Gasteiger partial charge in [0.2, 0.25) is 0 Å². The Morgan fingerprint density at radius 3 is 2.95 bits per heavy atom. The van der Waals surface area contributed by atoms with E-state index in [-0.39, 0.29) is 11.6 Å². The number of hydrogen-bond donors (Lipinski definition) is 1. The second-order valence-corrected chi connectivity index (χ2v) is 6.30. The summed E-state index contributed by atoms with van der Waals surface area (Å²) in [6.45, 7) is 8.36. The number of hydrogen-bond acceptors (Lipinski definition) is 4. The van der Waals surface area contributed by atoms with E-state index < -0.39 is 0 Å². The molecule has 2 aliphatic heterocycles. The van der Waals surface area contributed by atoms with Gasteiger partial charge in [0, 0.05) is 32.1 Å². The van der Waals surface area contributed by atoms with Gasteiger partial charge in [-0.15, -0.1) is 0 Å². The molecular formula is C16H24N2O2. The lowest BCUT2D eigenvalue weighted by Gasteiger charge is -2.42. The van der Waals surface area contributed by atoms with Crippen LogP contribution in [0, 0.1) is 0 Å². The van der Waals surface area contributed by atoms with Crippen LogP contribution < -0.4 is 10.5 Å². The van der Waals surface area contributed by atoms with Crippen LogP contribution in [0.2, 0.25) is 0 Å². The van der Waals surface area contributed by atoms with E-state index in [0.29, 0.717) is 6.54 Å². The summed E-state index contributed by atoms with van der Waals surface area (Å²) in [5, 5.41) is 0. The lowest BCUT2D eigenvalue weighted by Crippen LogP contribution is -2.50. The average Bonchev–Trinajstić information content (AvgIpc) is 2.86. The van der Waals surface area contributed by atoms with Gasteiger partial charge >= 0.3 is 0 Å². The van der Waals surface area contributed by atoms with Crippen molar-refractivity contribution in [1.82, 2.24) is 4.90 Å². The fraction of sp³-hybridized carbons (Fsp3) is 0.625. The van der Waals surface area contributed by atoms with E-state index in [1.807, 2.05) is 0 Å². The smallest absolute Gasteiger partial charge is 0.122 e. The normalized spacial score (nSPS) is 23.1. The molecule has 1 aromatic carbocycles. The Labute approximate surface area is 120 Å². The molecule has 3 rings (SSSR count). The molecule has 4 heteroatoms. The van der Waals surface area contributed by atoms with Gasteiger partial charge in [-0.2, -0.15) is 0 Å². The highest BCUT2D eigenvalue weighted by Crippen LogP contribution is 2.31. The Balaban J connectivity index is 1.82. The maximum absolute atomic E-state index is 6.06. The third kappa shape index (κ3) is 2.68. The molecule has 1 fully saturated rings. The van der Waals surface area contributed by atoms with E-state index in [9.17, 15) is 0 Å². The minimum absolute atomic E-state index is 0.0918. The summed E-state index contributed by atoms with van der Waals surface area (Å²) in [6, 6.07) is 6.78. The molecule has 0 aliphatic carbocycles. The summed E-state index contributed by atoms with van der Waals surface area (Å²) in [5.41, 5.74) is 8.58. The highest BCUT2D eigenvalue weighted by Gasteiger charge is 2.31. The molecule has 1 saturated heterocycles. The Bertz CT molecular complexity index is 487. The average molecular weight is 276 g/mol. The van der Waals surface area contributed by atoms with Crippen LogP contribution in [0.5, 0.6) is 5.75 Å². The number of nitrogens with two attached hydrogens (primary N) is 1. The SMILES string of the molecule is CC1(C)CN(C(CN)c2ccc3c(c2)CCO3)CCO1. The maximum atomic E-state index is 6.06. The van der Waals surface area contributed by atoms with Crippen LogP contribution >= 0.6 is 0 Å². The third-order valence-electron chi connectivity index (χ3n) is 4.22. The molecule has 110 valence electrons. The molecule has 2 heterocycles. The molecule has 4 nitrogen and oxygen atoms in total. The summed E-state index contributed by atoms with van der Waals surface area (Å²) in [4.78, 5) is 2.45. The largest absolute Gasteiger partial charge is 0.493 e. The quantitative estimate of drug-likeness (QED) is 0.913. The molecule has 0 spiro atoms. The molecule has 0 bridgehead atoms. The van der Waals surface area contributed by atoms with Crippen molar-refractivity contribution in [3.05, 3.63) is 29.3 Å². The van der Waals surface area contributed by atoms with Crippen molar-refractivity contribution in [3.8, 4) is 5.75 Å². The van der Waals surface area contributed by atoms with Gasteiger partial charge in [0.1, 0.15) is 5.75 Å². The van der Waals surface area contributed by atoms with E-state index in [0.717, 1.165) is 38.5 Å². The van der Waals surface area contributed by atoms with Crippen LogP contribution in [0.1, 0.15) is 31.0 Å². The first kappa shape index (κ1) is 13.9. The molecule has 0 radical (unpaired) electrons. The van der Waals surface area contributed by atoms with E-state index in [1.54, 1.807) is 0 Å². The number of nitrogens with zero attached hydrogens (tertiary/aromatic N) is 1. The second-order valence-electron chi connectivity index (χ2n) is 6.30. The summed E-state index contributed by atoms with van der Waals surface area (Å²) < 4.78 is 11.4. The molecule has 2 N–H and O–H groups in total. The summed E-state index contributed by atoms with van der Waals surface area (Å²) in [5.74, 6) is 1.03. The minimum atomic E-state index is -0.0918. The summed E-state index contributed by atoms with van der Waals surface area (Å²) >= 11 is 0. The van der Waals surface area contributed by atoms with E-state index in [2.05, 4.69) is 36.9 Å². The predicted octanol–water partition coefficient (Wildman–Crippen LogP) is 1.73. The van der Waals surface area contributed by atoms with Gasteiger partial charge in [-0.05, 0) is 31.0 Å². The van der Waals surface area contributed by atoms with Crippen molar-refractivity contribution >= 4 is 0 Å². The zero-order valence-corrected chi connectivity index (χ0v) is 12.4. The van der Waals surface area contributed by atoms with Gasteiger partial charge < -0.3 is 15.2 Å². The molecular weight excluding hydrogens is 252 g/mol. The zero-order chi connectivity index (χ0) is 14.2. The summed E-state index contributed by atoms with van der Waals surface area (Å²) in [7, 11) is 0. The molecule has 0 amide bonds. The second kappa shape index (κ2) is 5.35. The van der Waals surface area contributed by atoms with Gasteiger partial charge in [0.15, 0.2) is 0 Å². The molecule has 2 aliphatic rings. The Morgan fingerprint density at radius 2 is 2.20 bits per heavy atom. The van der Waals surface area contributed by atoms with Crippen LogP contribution in [0.3, 0.4) is 0 Å². The van der Waals surface area contributed by atoms with Crippen molar-refractivity contribution in [3.63, 3.8) is 0 Å². The molecule has 0 saturated carbocycles. The first-order chi connectivity index (χ1) is 9.59. The van der Waals surface area contributed by atoms with E-state index in [4.69, 9.17) is 15.2 Å². The van der Waals surface area contributed by atoms with E-state index in [1.165, 1.54) is 11.1 Å². The Kier molecular flexibility index (Phi) is 3.71. The molecule has 1 atom stereocenters. The zero-order valence-electron chi connectivity index (χ0n) is 12.4. The number of ether oxygens (including phenoxy) is 2. The fourth-order valence-corrected chi connectivity index (χ4v) is 3.23. The van der Waals surface area contributed by atoms with Gasteiger partial charge in [-0.25, -0.2) is 0 Å². The highest BCUT2D eigenvalue weighted by atomic mass is 16.5. The molecule has 20 heavy (non-hydrogen) atoms. The lowest BCUT2D eigenvalue weighted by molar-refractivity contribution is -0.0967. The highest BCUT2D eigenvalue weighted by molar-refractivity contribution is 5.41. The van der Waals surface area contributed by atoms with Crippen molar-refractivity contribution < 1.29 is 9.47 Å². The van der Waals surface area contributed by atoms with Crippen molar-refractivity contribution in [2.45, 2.75) is 31.9 Å². The number of fused-ring (bicyclic) bond motifs is 1. The van der Waals surface area contributed by atoms with Crippen LogP contribution in [-0.2, 0) is 11.2 Å². The lowest BCUT2D eigenvalue weighted by atomic mass is 9.98. The van der Waals surface area contributed by atoms with Crippen LogP contribution in [0.25, 0.3) is 0 Å². The molecule has 0 aromatic heterocycles. The Morgan fingerprint density at radius 1 is 1.35 bits per heavy atom. The topological polar surface area (TPSA) is 47.7 Å². The third-order valence-corrected chi connectivity index (χ3v) is 4.22. The van der Waals surface area contributed by atoms with Crippen molar-refractivity contribution in [2.75, 3.05) is 32.8 Å². The standard InChI is InChI=1S/C16H24N2O2/c1-16(2)11-18(6-8-20-16)14(10-17)12-3-4-15-13(9-12)5-7-19-15/h3-4,9,14H,5-8,10-11,17H2,1-2H3.